The Kier molecular flexibility index (Phi) is 3.70. The zero-order valence-electron chi connectivity index (χ0n) is 9.94. The lowest BCUT2D eigenvalue weighted by atomic mass is 10.1. The normalized spacial score (nSPS) is 10.4. The van der Waals surface area contributed by atoms with Gasteiger partial charge < -0.3 is 5.32 Å². The van der Waals surface area contributed by atoms with Gasteiger partial charge in [0.1, 0.15) is 0 Å². The standard InChI is InChI=1S/C14H16N2O/c1-2-15-14(17)10-9-12-8-7-11-5-3-4-6-13(11)16-12/h3-8H,2,9-10H2,1H3,(H,15,17). The monoisotopic (exact) mass is 228 g/mol. The van der Waals surface area contributed by atoms with Crippen LogP contribution < -0.4 is 5.32 Å². The van der Waals surface area contributed by atoms with Gasteiger partial charge in [-0.3, -0.25) is 9.78 Å². The molecule has 0 atom stereocenters. The maximum absolute atomic E-state index is 11.3. The van der Waals surface area contributed by atoms with E-state index in [1.54, 1.807) is 0 Å². The van der Waals surface area contributed by atoms with Gasteiger partial charge in [0.25, 0.3) is 0 Å². The second-order valence-corrected chi connectivity index (χ2v) is 3.95. The number of para-hydroxylation sites is 1. The molecule has 2 rings (SSSR count). The summed E-state index contributed by atoms with van der Waals surface area (Å²) in [4.78, 5) is 15.9. The van der Waals surface area contributed by atoms with Crippen LogP contribution in [0.2, 0.25) is 0 Å². The van der Waals surface area contributed by atoms with Crippen LogP contribution in [0.3, 0.4) is 0 Å². The number of carbonyl (C=O) groups is 1. The highest BCUT2D eigenvalue weighted by Crippen LogP contribution is 2.12. The number of nitrogens with one attached hydrogen (secondary N) is 1. The highest BCUT2D eigenvalue weighted by atomic mass is 16.1. The molecule has 17 heavy (non-hydrogen) atoms. The Labute approximate surface area is 101 Å². The molecule has 0 saturated heterocycles. The Bertz CT molecular complexity index is 522. The van der Waals surface area contributed by atoms with Gasteiger partial charge in [0, 0.05) is 24.0 Å². The zero-order valence-corrected chi connectivity index (χ0v) is 9.94. The van der Waals surface area contributed by atoms with E-state index in [0.29, 0.717) is 19.4 Å². The summed E-state index contributed by atoms with van der Waals surface area (Å²) in [5.41, 5.74) is 1.95. The van der Waals surface area contributed by atoms with Crippen LogP contribution in [0, 0.1) is 0 Å². The molecule has 2 aromatic rings. The SMILES string of the molecule is CCNC(=O)CCc1ccc2ccccc2n1. The number of carbonyl (C=O) groups excluding carboxylic acids is 1. The van der Waals surface area contributed by atoms with Crippen molar-refractivity contribution < 1.29 is 4.79 Å². The van der Waals surface area contributed by atoms with E-state index in [2.05, 4.69) is 16.4 Å². The van der Waals surface area contributed by atoms with Gasteiger partial charge >= 0.3 is 0 Å². The summed E-state index contributed by atoms with van der Waals surface area (Å²) in [6.45, 7) is 2.61. The van der Waals surface area contributed by atoms with Crippen LogP contribution in [0.1, 0.15) is 19.0 Å². The van der Waals surface area contributed by atoms with Crippen molar-refractivity contribution >= 4 is 16.8 Å². The molecule has 1 amide bonds. The molecule has 0 aliphatic heterocycles. The molecule has 0 fully saturated rings. The number of benzene rings is 1. The highest BCUT2D eigenvalue weighted by Gasteiger charge is 2.02. The average molecular weight is 228 g/mol. The van der Waals surface area contributed by atoms with Gasteiger partial charge in [-0.1, -0.05) is 24.3 Å². The molecule has 1 heterocycles. The first-order valence-electron chi connectivity index (χ1n) is 5.91. The first-order chi connectivity index (χ1) is 8.29. The summed E-state index contributed by atoms with van der Waals surface area (Å²) in [6.07, 6.45) is 1.19. The van der Waals surface area contributed by atoms with Crippen LogP contribution >= 0.6 is 0 Å². The summed E-state index contributed by atoms with van der Waals surface area (Å²) >= 11 is 0. The fraction of sp³-hybridized carbons (Fsp3) is 0.286. The predicted molar refractivity (Wildman–Crippen MR) is 68.7 cm³/mol. The number of aromatic nitrogens is 1. The number of rotatable bonds is 4. The average Bonchev–Trinajstić information content (AvgIpc) is 2.36. The van der Waals surface area contributed by atoms with Gasteiger partial charge in [-0.25, -0.2) is 0 Å². The molecule has 3 heteroatoms. The second kappa shape index (κ2) is 5.43. The number of hydrogen-bond donors (Lipinski definition) is 1. The van der Waals surface area contributed by atoms with Gasteiger partial charge in [0.2, 0.25) is 5.91 Å². The van der Waals surface area contributed by atoms with E-state index in [9.17, 15) is 4.79 Å². The van der Waals surface area contributed by atoms with Gasteiger partial charge in [-0.05, 0) is 25.5 Å². The molecule has 0 radical (unpaired) electrons. The third-order valence-electron chi connectivity index (χ3n) is 2.64. The molecule has 0 unspecified atom stereocenters. The maximum Gasteiger partial charge on any atom is 0.220 e. The molecule has 0 spiro atoms. The first kappa shape index (κ1) is 11.6. The molecule has 3 nitrogen and oxygen atoms in total. The summed E-state index contributed by atoms with van der Waals surface area (Å²) < 4.78 is 0. The van der Waals surface area contributed by atoms with Crippen molar-refractivity contribution in [1.82, 2.24) is 10.3 Å². The topological polar surface area (TPSA) is 42.0 Å². The Hall–Kier alpha value is -1.90. The van der Waals surface area contributed by atoms with E-state index in [4.69, 9.17) is 0 Å². The maximum atomic E-state index is 11.3. The largest absolute Gasteiger partial charge is 0.356 e. The van der Waals surface area contributed by atoms with E-state index in [0.717, 1.165) is 16.6 Å². The molecule has 0 aliphatic rings. The molecule has 1 aromatic heterocycles. The van der Waals surface area contributed by atoms with Crippen LogP contribution in [-0.4, -0.2) is 17.4 Å². The van der Waals surface area contributed by atoms with Crippen molar-refractivity contribution in [3.05, 3.63) is 42.1 Å². The van der Waals surface area contributed by atoms with Crippen molar-refractivity contribution in [3.63, 3.8) is 0 Å². The fourth-order valence-electron chi connectivity index (χ4n) is 1.77. The number of aryl methyl sites for hydroxylation is 1. The molecule has 0 bridgehead atoms. The minimum absolute atomic E-state index is 0.0856. The number of hydrogen-bond acceptors (Lipinski definition) is 2. The quantitative estimate of drug-likeness (QED) is 0.872. The van der Waals surface area contributed by atoms with Crippen molar-refractivity contribution in [3.8, 4) is 0 Å². The number of amides is 1. The molecule has 1 N–H and O–H groups in total. The molecular formula is C14H16N2O. The lowest BCUT2D eigenvalue weighted by molar-refractivity contribution is -0.120. The fourth-order valence-corrected chi connectivity index (χ4v) is 1.77. The minimum Gasteiger partial charge on any atom is -0.356 e. The predicted octanol–water partition coefficient (Wildman–Crippen LogP) is 2.30. The first-order valence-corrected chi connectivity index (χ1v) is 5.91. The van der Waals surface area contributed by atoms with Gasteiger partial charge in [0.05, 0.1) is 5.52 Å². The minimum atomic E-state index is 0.0856. The van der Waals surface area contributed by atoms with E-state index < -0.39 is 0 Å². The van der Waals surface area contributed by atoms with Crippen LogP contribution in [0.5, 0.6) is 0 Å². The van der Waals surface area contributed by atoms with Crippen LogP contribution in [0.15, 0.2) is 36.4 Å². The Morgan fingerprint density at radius 1 is 1.24 bits per heavy atom. The number of nitrogens with zero attached hydrogens (tertiary/aromatic N) is 1. The summed E-state index contributed by atoms with van der Waals surface area (Å²) in [5.74, 6) is 0.0856. The van der Waals surface area contributed by atoms with Gasteiger partial charge in [0.15, 0.2) is 0 Å². The summed E-state index contributed by atoms with van der Waals surface area (Å²) in [5, 5.41) is 3.92. The second-order valence-electron chi connectivity index (χ2n) is 3.95. The lowest BCUT2D eigenvalue weighted by Gasteiger charge is -2.03. The third kappa shape index (κ3) is 3.03. The van der Waals surface area contributed by atoms with Crippen LogP contribution in [-0.2, 0) is 11.2 Å². The molecule has 1 aromatic carbocycles. The van der Waals surface area contributed by atoms with Gasteiger partial charge in [-0.15, -0.1) is 0 Å². The Morgan fingerprint density at radius 2 is 2.06 bits per heavy atom. The van der Waals surface area contributed by atoms with E-state index >= 15 is 0 Å². The van der Waals surface area contributed by atoms with Crippen LogP contribution in [0.25, 0.3) is 10.9 Å². The van der Waals surface area contributed by atoms with Gasteiger partial charge in [-0.2, -0.15) is 0 Å². The molecule has 88 valence electrons. The van der Waals surface area contributed by atoms with Crippen molar-refractivity contribution in [2.75, 3.05) is 6.54 Å². The Balaban J connectivity index is 2.06. The lowest BCUT2D eigenvalue weighted by Crippen LogP contribution is -2.22. The Morgan fingerprint density at radius 3 is 2.88 bits per heavy atom. The number of fused-ring (bicyclic) bond motifs is 1. The van der Waals surface area contributed by atoms with Crippen molar-refractivity contribution in [2.24, 2.45) is 0 Å². The molecule has 0 aliphatic carbocycles. The zero-order chi connectivity index (χ0) is 12.1. The third-order valence-corrected chi connectivity index (χ3v) is 2.64. The molecule has 0 saturated carbocycles. The smallest absolute Gasteiger partial charge is 0.220 e. The van der Waals surface area contributed by atoms with Crippen LogP contribution in [0.4, 0.5) is 0 Å². The number of pyridine rings is 1. The molecular weight excluding hydrogens is 212 g/mol. The van der Waals surface area contributed by atoms with E-state index in [1.807, 2.05) is 37.3 Å². The van der Waals surface area contributed by atoms with E-state index in [-0.39, 0.29) is 5.91 Å². The van der Waals surface area contributed by atoms with Crippen molar-refractivity contribution in [2.45, 2.75) is 19.8 Å². The highest BCUT2D eigenvalue weighted by molar-refractivity contribution is 5.79. The van der Waals surface area contributed by atoms with E-state index in [1.165, 1.54) is 0 Å². The summed E-state index contributed by atoms with van der Waals surface area (Å²) in [6, 6.07) is 12.0. The van der Waals surface area contributed by atoms with Crippen molar-refractivity contribution in [1.29, 1.82) is 0 Å². The summed E-state index contributed by atoms with van der Waals surface area (Å²) in [7, 11) is 0.